The van der Waals surface area contributed by atoms with Crippen molar-refractivity contribution < 1.29 is 5.11 Å². The van der Waals surface area contributed by atoms with Crippen molar-refractivity contribution in [1.29, 1.82) is 0 Å². The van der Waals surface area contributed by atoms with Crippen LogP contribution in [0.1, 0.15) is 13.8 Å². The Balaban J connectivity index is 0.000000396. The van der Waals surface area contributed by atoms with Gasteiger partial charge in [-0.25, -0.2) is 0 Å². The minimum absolute atomic E-state index is 0.283. The van der Waals surface area contributed by atoms with E-state index in [4.69, 9.17) is 5.11 Å². The summed E-state index contributed by atoms with van der Waals surface area (Å²) in [6.07, 6.45) is 1.87. The number of aromatic hydroxyl groups is 1. The van der Waals surface area contributed by atoms with Gasteiger partial charge in [-0.2, -0.15) is 5.10 Å². The highest BCUT2D eigenvalue weighted by Crippen LogP contribution is 2.17. The summed E-state index contributed by atoms with van der Waals surface area (Å²) in [6, 6.07) is 5.13. The standard InChI is InChI=1S/C8H8N2O.C2H6/c1-10-5-6-4-7(11)2-3-8(6)9-10;1-2/h2-5,11H,1H3;1-2H3. The van der Waals surface area contributed by atoms with Crippen LogP contribution >= 0.6 is 0 Å². The van der Waals surface area contributed by atoms with Crippen molar-refractivity contribution in [3.8, 4) is 5.75 Å². The Morgan fingerprint density at radius 2 is 2.00 bits per heavy atom. The number of phenolic OH excluding ortho intramolecular Hbond substituents is 1. The van der Waals surface area contributed by atoms with Crippen LogP contribution in [-0.2, 0) is 7.05 Å². The van der Waals surface area contributed by atoms with Gasteiger partial charge in [0.25, 0.3) is 0 Å². The van der Waals surface area contributed by atoms with Crippen molar-refractivity contribution in [3.63, 3.8) is 0 Å². The van der Waals surface area contributed by atoms with Gasteiger partial charge in [-0.05, 0) is 18.2 Å². The van der Waals surface area contributed by atoms with E-state index >= 15 is 0 Å². The molecule has 70 valence electrons. The summed E-state index contributed by atoms with van der Waals surface area (Å²) >= 11 is 0. The van der Waals surface area contributed by atoms with E-state index in [0.29, 0.717) is 0 Å². The molecular weight excluding hydrogens is 164 g/mol. The zero-order chi connectivity index (χ0) is 9.84. The molecule has 0 aliphatic carbocycles. The molecule has 3 nitrogen and oxygen atoms in total. The molecule has 0 aliphatic rings. The molecule has 1 aromatic carbocycles. The lowest BCUT2D eigenvalue weighted by molar-refractivity contribution is 0.476. The summed E-state index contributed by atoms with van der Waals surface area (Å²) in [5.74, 6) is 0.283. The van der Waals surface area contributed by atoms with E-state index in [1.165, 1.54) is 0 Å². The van der Waals surface area contributed by atoms with Gasteiger partial charge in [0.05, 0.1) is 5.52 Å². The highest BCUT2D eigenvalue weighted by molar-refractivity contribution is 5.79. The number of aromatic nitrogens is 2. The first-order chi connectivity index (χ1) is 6.25. The molecule has 0 bridgehead atoms. The van der Waals surface area contributed by atoms with Gasteiger partial charge >= 0.3 is 0 Å². The summed E-state index contributed by atoms with van der Waals surface area (Å²) < 4.78 is 1.73. The van der Waals surface area contributed by atoms with E-state index in [1.807, 2.05) is 27.1 Å². The maximum atomic E-state index is 9.10. The topological polar surface area (TPSA) is 38.0 Å². The van der Waals surface area contributed by atoms with Crippen LogP contribution < -0.4 is 0 Å². The number of nitrogens with zero attached hydrogens (tertiary/aromatic N) is 2. The summed E-state index contributed by atoms with van der Waals surface area (Å²) in [7, 11) is 1.86. The Hall–Kier alpha value is -1.51. The first-order valence-electron chi connectivity index (χ1n) is 4.38. The molecule has 3 heteroatoms. The van der Waals surface area contributed by atoms with Gasteiger partial charge in [0, 0.05) is 18.6 Å². The van der Waals surface area contributed by atoms with E-state index in [2.05, 4.69) is 5.10 Å². The summed E-state index contributed by atoms with van der Waals surface area (Å²) in [5.41, 5.74) is 0.908. The maximum absolute atomic E-state index is 9.10. The first kappa shape index (κ1) is 9.58. The van der Waals surface area contributed by atoms with Gasteiger partial charge in [-0.3, -0.25) is 4.68 Å². The lowest BCUT2D eigenvalue weighted by Gasteiger charge is -1.87. The van der Waals surface area contributed by atoms with Gasteiger partial charge in [0.2, 0.25) is 0 Å². The second-order valence-electron chi connectivity index (χ2n) is 2.55. The third-order valence-electron chi connectivity index (χ3n) is 1.60. The third-order valence-corrected chi connectivity index (χ3v) is 1.60. The summed E-state index contributed by atoms with van der Waals surface area (Å²) in [5, 5.41) is 14.2. The number of rotatable bonds is 0. The predicted molar refractivity (Wildman–Crippen MR) is 53.7 cm³/mol. The molecule has 1 heterocycles. The largest absolute Gasteiger partial charge is 0.508 e. The van der Waals surface area contributed by atoms with Crippen molar-refractivity contribution in [1.82, 2.24) is 9.78 Å². The SMILES string of the molecule is CC.Cn1cc2cc(O)ccc2n1. The van der Waals surface area contributed by atoms with Crippen molar-refractivity contribution in [2.45, 2.75) is 13.8 Å². The molecular formula is C10H14N2O. The highest BCUT2D eigenvalue weighted by Gasteiger charge is 1.97. The zero-order valence-corrected chi connectivity index (χ0v) is 8.15. The second-order valence-corrected chi connectivity index (χ2v) is 2.55. The van der Waals surface area contributed by atoms with Gasteiger partial charge < -0.3 is 5.11 Å². The molecule has 0 amide bonds. The lowest BCUT2D eigenvalue weighted by atomic mass is 10.2. The van der Waals surface area contributed by atoms with Crippen molar-refractivity contribution in [2.24, 2.45) is 7.05 Å². The molecule has 1 N–H and O–H groups in total. The average molecular weight is 178 g/mol. The van der Waals surface area contributed by atoms with Crippen LogP contribution in [0.2, 0.25) is 0 Å². The molecule has 0 atom stereocenters. The van der Waals surface area contributed by atoms with Crippen LogP contribution in [0.4, 0.5) is 0 Å². The van der Waals surface area contributed by atoms with E-state index in [-0.39, 0.29) is 5.75 Å². The number of aryl methyl sites for hydroxylation is 1. The Morgan fingerprint density at radius 1 is 1.31 bits per heavy atom. The number of hydrogen-bond acceptors (Lipinski definition) is 2. The van der Waals surface area contributed by atoms with Crippen LogP contribution in [0.15, 0.2) is 24.4 Å². The number of fused-ring (bicyclic) bond motifs is 1. The van der Waals surface area contributed by atoms with Gasteiger partial charge in [0.15, 0.2) is 0 Å². The molecule has 0 saturated carbocycles. The van der Waals surface area contributed by atoms with Crippen LogP contribution in [0.25, 0.3) is 10.9 Å². The quantitative estimate of drug-likeness (QED) is 0.672. The first-order valence-corrected chi connectivity index (χ1v) is 4.38. The Labute approximate surface area is 77.6 Å². The van der Waals surface area contributed by atoms with Gasteiger partial charge in [0.1, 0.15) is 5.75 Å². The van der Waals surface area contributed by atoms with E-state index in [1.54, 1.807) is 22.9 Å². The number of hydrogen-bond donors (Lipinski definition) is 1. The predicted octanol–water partition coefficient (Wildman–Crippen LogP) is 2.31. The molecule has 1 aromatic heterocycles. The van der Waals surface area contributed by atoms with E-state index in [0.717, 1.165) is 10.9 Å². The van der Waals surface area contributed by atoms with E-state index in [9.17, 15) is 0 Å². The van der Waals surface area contributed by atoms with Crippen LogP contribution in [-0.4, -0.2) is 14.9 Å². The van der Waals surface area contributed by atoms with Crippen LogP contribution in [0.3, 0.4) is 0 Å². The van der Waals surface area contributed by atoms with E-state index < -0.39 is 0 Å². The molecule has 13 heavy (non-hydrogen) atoms. The van der Waals surface area contributed by atoms with Crippen molar-refractivity contribution >= 4 is 10.9 Å². The molecule has 2 aromatic rings. The maximum Gasteiger partial charge on any atom is 0.116 e. The molecule has 0 radical (unpaired) electrons. The minimum Gasteiger partial charge on any atom is -0.508 e. The summed E-state index contributed by atoms with van der Waals surface area (Å²) in [4.78, 5) is 0. The molecule has 0 saturated heterocycles. The number of benzene rings is 1. The van der Waals surface area contributed by atoms with Crippen molar-refractivity contribution in [2.75, 3.05) is 0 Å². The summed E-state index contributed by atoms with van der Waals surface area (Å²) in [6.45, 7) is 4.00. The Morgan fingerprint density at radius 3 is 2.69 bits per heavy atom. The highest BCUT2D eigenvalue weighted by atomic mass is 16.3. The monoisotopic (exact) mass is 178 g/mol. The Bertz CT molecular complexity index is 393. The van der Waals surface area contributed by atoms with Crippen molar-refractivity contribution in [3.05, 3.63) is 24.4 Å². The van der Waals surface area contributed by atoms with Gasteiger partial charge in [-0.1, -0.05) is 13.8 Å². The Kier molecular flexibility index (Phi) is 2.90. The second kappa shape index (κ2) is 3.94. The molecule has 2 rings (SSSR count). The third kappa shape index (κ3) is 1.99. The normalized spacial score (nSPS) is 9.46. The number of phenols is 1. The molecule has 0 spiro atoms. The molecule has 0 fully saturated rings. The average Bonchev–Trinajstić information content (AvgIpc) is 2.48. The van der Waals surface area contributed by atoms with Crippen LogP contribution in [0.5, 0.6) is 5.75 Å². The molecule has 0 unspecified atom stereocenters. The zero-order valence-electron chi connectivity index (χ0n) is 8.15. The fraction of sp³-hybridized carbons (Fsp3) is 0.300. The molecule has 0 aliphatic heterocycles. The fourth-order valence-corrected chi connectivity index (χ4v) is 1.14. The van der Waals surface area contributed by atoms with Crippen LogP contribution in [0, 0.1) is 0 Å². The minimum atomic E-state index is 0.283. The van der Waals surface area contributed by atoms with Gasteiger partial charge in [-0.15, -0.1) is 0 Å². The smallest absolute Gasteiger partial charge is 0.116 e. The lowest BCUT2D eigenvalue weighted by Crippen LogP contribution is -1.84. The fourth-order valence-electron chi connectivity index (χ4n) is 1.14.